The van der Waals surface area contributed by atoms with Gasteiger partial charge in [0.2, 0.25) is 0 Å². The molecule has 1 fully saturated rings. The highest BCUT2D eigenvalue weighted by Crippen LogP contribution is 2.37. The third kappa shape index (κ3) is 4.61. The molecule has 0 aliphatic carbocycles. The van der Waals surface area contributed by atoms with Crippen LogP contribution in [0.1, 0.15) is 44.6 Å². The lowest BCUT2D eigenvalue weighted by molar-refractivity contribution is -0.137. The van der Waals surface area contributed by atoms with Gasteiger partial charge in [0.1, 0.15) is 5.70 Å². The molecule has 2 amide bonds. The van der Waals surface area contributed by atoms with Crippen LogP contribution in [0, 0.1) is 0 Å². The number of hydrogen-bond acceptors (Lipinski definition) is 6. The maximum atomic E-state index is 13.3. The molecule has 30 heavy (non-hydrogen) atoms. The Bertz CT molecular complexity index is 799. The van der Waals surface area contributed by atoms with Gasteiger partial charge in [-0.3, -0.25) is 14.5 Å². The standard InChI is InChI=1S/C23H32N2O5/c1-4-5-14-30-15-8-13-25-22(26)20(21(23(25)27)24-11-6-7-12-24)17-9-10-18(28-2)19(16-17)29-3/h9-10,16H,4-8,11-15H2,1-3H3. The number of carbonyl (C=O) groups is 2. The van der Waals surface area contributed by atoms with Crippen molar-refractivity contribution >= 4 is 17.4 Å². The summed E-state index contributed by atoms with van der Waals surface area (Å²) in [6.45, 7) is 5.32. The second-order valence-electron chi connectivity index (χ2n) is 7.57. The lowest BCUT2D eigenvalue weighted by Crippen LogP contribution is -2.35. The van der Waals surface area contributed by atoms with E-state index in [1.54, 1.807) is 26.4 Å². The fraction of sp³-hybridized carbons (Fsp3) is 0.565. The van der Waals surface area contributed by atoms with Gasteiger partial charge in [-0.15, -0.1) is 0 Å². The molecule has 0 radical (unpaired) electrons. The first-order valence-corrected chi connectivity index (χ1v) is 10.8. The quantitative estimate of drug-likeness (QED) is 0.408. The van der Waals surface area contributed by atoms with Crippen LogP contribution in [0.2, 0.25) is 0 Å². The number of unbranched alkanes of at least 4 members (excludes halogenated alkanes) is 1. The van der Waals surface area contributed by atoms with Crippen molar-refractivity contribution in [1.82, 2.24) is 9.80 Å². The van der Waals surface area contributed by atoms with E-state index < -0.39 is 0 Å². The van der Waals surface area contributed by atoms with Gasteiger partial charge in [-0.2, -0.15) is 0 Å². The fourth-order valence-electron chi connectivity index (χ4n) is 3.93. The molecule has 0 atom stereocenters. The Balaban J connectivity index is 1.84. The van der Waals surface area contributed by atoms with Crippen LogP contribution in [-0.2, 0) is 14.3 Å². The molecule has 164 valence electrons. The lowest BCUT2D eigenvalue weighted by Gasteiger charge is -2.20. The Kier molecular flexibility index (Phi) is 7.74. The van der Waals surface area contributed by atoms with E-state index in [4.69, 9.17) is 14.2 Å². The first-order chi connectivity index (χ1) is 14.6. The Morgan fingerprint density at radius 1 is 0.933 bits per heavy atom. The summed E-state index contributed by atoms with van der Waals surface area (Å²) in [5, 5.41) is 0. The van der Waals surface area contributed by atoms with Crippen LogP contribution in [0.5, 0.6) is 11.5 Å². The number of rotatable bonds is 11. The summed E-state index contributed by atoms with van der Waals surface area (Å²) in [6, 6.07) is 5.35. The number of carbonyl (C=O) groups excluding carboxylic acids is 2. The van der Waals surface area contributed by atoms with Gasteiger partial charge in [-0.05, 0) is 43.4 Å². The van der Waals surface area contributed by atoms with E-state index in [-0.39, 0.29) is 11.8 Å². The highest BCUT2D eigenvalue weighted by Gasteiger charge is 2.41. The van der Waals surface area contributed by atoms with E-state index in [0.717, 1.165) is 38.8 Å². The number of imide groups is 1. The Morgan fingerprint density at radius 2 is 1.63 bits per heavy atom. The van der Waals surface area contributed by atoms with Crippen LogP contribution in [0.3, 0.4) is 0 Å². The molecule has 7 heteroatoms. The molecule has 0 aromatic heterocycles. The molecule has 1 aromatic carbocycles. The first kappa shape index (κ1) is 22.2. The van der Waals surface area contributed by atoms with Gasteiger partial charge in [0.05, 0.1) is 19.8 Å². The van der Waals surface area contributed by atoms with Gasteiger partial charge in [0, 0.05) is 32.8 Å². The highest BCUT2D eigenvalue weighted by atomic mass is 16.5. The molecule has 0 unspecified atom stereocenters. The molecule has 2 aliphatic rings. The van der Waals surface area contributed by atoms with Gasteiger partial charge in [-0.1, -0.05) is 19.4 Å². The SMILES string of the molecule is CCCCOCCCN1C(=O)C(c2ccc(OC)c(OC)c2)=C(N2CCCC2)C1=O. The predicted octanol–water partition coefficient (Wildman–Crippen LogP) is 3.09. The fourth-order valence-corrected chi connectivity index (χ4v) is 3.93. The number of amides is 2. The van der Waals surface area contributed by atoms with E-state index in [1.165, 1.54) is 4.90 Å². The molecule has 0 saturated carbocycles. The van der Waals surface area contributed by atoms with Gasteiger partial charge < -0.3 is 19.1 Å². The minimum Gasteiger partial charge on any atom is -0.493 e. The van der Waals surface area contributed by atoms with Crippen LogP contribution >= 0.6 is 0 Å². The molecule has 1 aromatic rings. The van der Waals surface area contributed by atoms with Crippen LogP contribution in [0.25, 0.3) is 5.57 Å². The number of methoxy groups -OCH3 is 2. The molecule has 7 nitrogen and oxygen atoms in total. The Morgan fingerprint density at radius 3 is 2.30 bits per heavy atom. The molecule has 1 saturated heterocycles. The molecule has 2 aliphatic heterocycles. The second-order valence-corrected chi connectivity index (χ2v) is 7.57. The van der Waals surface area contributed by atoms with E-state index in [9.17, 15) is 9.59 Å². The summed E-state index contributed by atoms with van der Waals surface area (Å²) < 4.78 is 16.3. The lowest BCUT2D eigenvalue weighted by atomic mass is 10.0. The Hall–Kier alpha value is -2.54. The van der Waals surface area contributed by atoms with E-state index >= 15 is 0 Å². The predicted molar refractivity (Wildman–Crippen MR) is 114 cm³/mol. The molecule has 0 bridgehead atoms. The van der Waals surface area contributed by atoms with Crippen molar-refractivity contribution in [2.24, 2.45) is 0 Å². The summed E-state index contributed by atoms with van der Waals surface area (Å²) in [5.41, 5.74) is 1.64. The van der Waals surface area contributed by atoms with Crippen molar-refractivity contribution < 1.29 is 23.8 Å². The summed E-state index contributed by atoms with van der Waals surface area (Å²) in [5.74, 6) is 0.664. The topological polar surface area (TPSA) is 68.3 Å². The number of benzene rings is 1. The Labute approximate surface area is 178 Å². The second kappa shape index (κ2) is 10.5. The number of likely N-dealkylation sites (tertiary alicyclic amines) is 1. The number of ether oxygens (including phenoxy) is 3. The largest absolute Gasteiger partial charge is 0.493 e. The summed E-state index contributed by atoms with van der Waals surface area (Å²) in [6.07, 6.45) is 4.78. The van der Waals surface area contributed by atoms with Crippen molar-refractivity contribution in [2.45, 2.75) is 39.0 Å². The maximum Gasteiger partial charge on any atom is 0.277 e. The smallest absolute Gasteiger partial charge is 0.277 e. The number of hydrogen-bond donors (Lipinski definition) is 0. The minimum absolute atomic E-state index is 0.208. The van der Waals surface area contributed by atoms with Crippen molar-refractivity contribution in [3.05, 3.63) is 29.5 Å². The van der Waals surface area contributed by atoms with Gasteiger partial charge in [-0.25, -0.2) is 0 Å². The maximum absolute atomic E-state index is 13.3. The van der Waals surface area contributed by atoms with Gasteiger partial charge in [0.15, 0.2) is 11.5 Å². The third-order valence-corrected chi connectivity index (χ3v) is 5.55. The van der Waals surface area contributed by atoms with Gasteiger partial charge in [0.25, 0.3) is 11.8 Å². The van der Waals surface area contributed by atoms with Crippen LogP contribution in [-0.4, -0.2) is 68.7 Å². The summed E-state index contributed by atoms with van der Waals surface area (Å²) in [7, 11) is 3.13. The average Bonchev–Trinajstić information content (AvgIpc) is 3.37. The van der Waals surface area contributed by atoms with Crippen molar-refractivity contribution in [3.8, 4) is 11.5 Å². The van der Waals surface area contributed by atoms with Crippen molar-refractivity contribution in [2.75, 3.05) is 47.1 Å². The molecular formula is C23H32N2O5. The minimum atomic E-state index is -0.248. The van der Waals surface area contributed by atoms with Crippen molar-refractivity contribution in [1.29, 1.82) is 0 Å². The molecule has 3 rings (SSSR count). The zero-order chi connectivity index (χ0) is 21.5. The molecule has 0 spiro atoms. The monoisotopic (exact) mass is 416 g/mol. The van der Waals surface area contributed by atoms with Crippen LogP contribution in [0.15, 0.2) is 23.9 Å². The average molecular weight is 417 g/mol. The number of nitrogens with zero attached hydrogens (tertiary/aromatic N) is 2. The summed E-state index contributed by atoms with van der Waals surface area (Å²) >= 11 is 0. The van der Waals surface area contributed by atoms with Crippen LogP contribution in [0.4, 0.5) is 0 Å². The van der Waals surface area contributed by atoms with Crippen molar-refractivity contribution in [3.63, 3.8) is 0 Å². The summed E-state index contributed by atoms with van der Waals surface area (Å²) in [4.78, 5) is 30.0. The van der Waals surface area contributed by atoms with Gasteiger partial charge >= 0.3 is 0 Å². The zero-order valence-electron chi connectivity index (χ0n) is 18.2. The third-order valence-electron chi connectivity index (χ3n) is 5.55. The van der Waals surface area contributed by atoms with E-state index in [1.807, 2.05) is 11.0 Å². The van der Waals surface area contributed by atoms with E-state index in [2.05, 4.69) is 6.92 Å². The highest BCUT2D eigenvalue weighted by molar-refractivity contribution is 6.35. The normalized spacial score (nSPS) is 16.8. The van der Waals surface area contributed by atoms with Crippen LogP contribution < -0.4 is 9.47 Å². The first-order valence-electron chi connectivity index (χ1n) is 10.8. The molecular weight excluding hydrogens is 384 g/mol. The molecule has 0 N–H and O–H groups in total. The molecule has 2 heterocycles. The van der Waals surface area contributed by atoms with E-state index in [0.29, 0.717) is 54.5 Å². The zero-order valence-corrected chi connectivity index (χ0v) is 18.2.